The first-order valence-electron chi connectivity index (χ1n) is 7.73. The molecule has 0 aliphatic carbocycles. The van der Waals surface area contributed by atoms with E-state index in [1.807, 2.05) is 0 Å². The summed E-state index contributed by atoms with van der Waals surface area (Å²) in [6, 6.07) is 7.67. The van der Waals surface area contributed by atoms with Crippen LogP contribution in [0.5, 0.6) is 0 Å². The summed E-state index contributed by atoms with van der Waals surface area (Å²) in [4.78, 5) is 2.38. The molecule has 2 nitrogen and oxygen atoms in total. The van der Waals surface area contributed by atoms with Crippen LogP contribution in [0.4, 0.5) is 5.69 Å². The molecule has 1 aromatic rings. The maximum Gasteiger partial charge on any atom is 0.0396 e. The highest BCUT2D eigenvalue weighted by atomic mass is 15.1. The van der Waals surface area contributed by atoms with Crippen molar-refractivity contribution >= 4 is 5.69 Å². The molecule has 0 bridgehead atoms. The zero-order valence-corrected chi connectivity index (χ0v) is 12.7. The number of anilines is 1. The van der Waals surface area contributed by atoms with Gasteiger partial charge in [-0.3, -0.25) is 0 Å². The van der Waals surface area contributed by atoms with Gasteiger partial charge in [0.2, 0.25) is 0 Å². The minimum absolute atomic E-state index is 0.610. The monoisotopic (exact) mass is 260 g/mol. The number of nitrogens with one attached hydrogen (secondary N) is 1. The first-order chi connectivity index (χ1) is 9.16. The first-order valence-corrected chi connectivity index (χ1v) is 7.73. The van der Waals surface area contributed by atoms with E-state index in [0.717, 1.165) is 6.54 Å². The Labute approximate surface area is 118 Å². The fourth-order valence-corrected chi connectivity index (χ4v) is 2.84. The lowest BCUT2D eigenvalue weighted by Crippen LogP contribution is -2.24. The zero-order chi connectivity index (χ0) is 13.7. The highest BCUT2D eigenvalue weighted by molar-refractivity contribution is 5.56. The van der Waals surface area contributed by atoms with Crippen LogP contribution in [0.2, 0.25) is 0 Å². The Kier molecular flexibility index (Phi) is 5.26. The van der Waals surface area contributed by atoms with Gasteiger partial charge in [-0.15, -0.1) is 0 Å². The largest absolute Gasteiger partial charge is 0.374 e. The summed E-state index contributed by atoms with van der Waals surface area (Å²) in [5, 5.41) is 3.48. The van der Waals surface area contributed by atoms with Crippen LogP contribution in [-0.2, 0) is 12.8 Å². The lowest BCUT2D eigenvalue weighted by molar-refractivity contribution is 0.557. The zero-order valence-electron chi connectivity index (χ0n) is 12.7. The molecule has 0 amide bonds. The number of hydrogen-bond donors (Lipinski definition) is 1. The second-order valence-electron chi connectivity index (χ2n) is 6.05. The smallest absolute Gasteiger partial charge is 0.0396 e. The molecule has 2 heteroatoms. The van der Waals surface area contributed by atoms with Crippen molar-refractivity contribution in [3.05, 3.63) is 29.3 Å². The van der Waals surface area contributed by atoms with Crippen LogP contribution in [0.15, 0.2) is 18.2 Å². The van der Waals surface area contributed by atoms with E-state index in [9.17, 15) is 0 Å². The van der Waals surface area contributed by atoms with Crippen LogP contribution in [0.25, 0.3) is 0 Å². The van der Waals surface area contributed by atoms with E-state index in [0.29, 0.717) is 6.04 Å². The maximum absolute atomic E-state index is 3.48. The number of unbranched alkanes of at least 4 members (excludes halogenated alkanes) is 1. The Morgan fingerprint density at radius 2 is 2.11 bits per heavy atom. The average Bonchev–Trinajstić information content (AvgIpc) is 2.38. The molecule has 106 valence electrons. The first kappa shape index (κ1) is 14.4. The van der Waals surface area contributed by atoms with E-state index < -0.39 is 0 Å². The van der Waals surface area contributed by atoms with E-state index in [2.05, 4.69) is 49.3 Å². The van der Waals surface area contributed by atoms with Gasteiger partial charge in [-0.05, 0) is 55.8 Å². The van der Waals surface area contributed by atoms with E-state index in [-0.39, 0.29) is 0 Å². The molecule has 1 N–H and O–H groups in total. The Balaban J connectivity index is 1.81. The minimum atomic E-state index is 0.610. The van der Waals surface area contributed by atoms with Crippen molar-refractivity contribution in [3.8, 4) is 0 Å². The fraction of sp³-hybridized carbons (Fsp3) is 0.647. The predicted octanol–water partition coefficient (Wildman–Crippen LogP) is 3.39. The number of benzene rings is 1. The van der Waals surface area contributed by atoms with Gasteiger partial charge in [-0.1, -0.05) is 26.0 Å². The molecule has 0 unspecified atom stereocenters. The second-order valence-corrected chi connectivity index (χ2v) is 6.05. The Morgan fingerprint density at radius 1 is 1.26 bits per heavy atom. The van der Waals surface area contributed by atoms with Crippen LogP contribution >= 0.6 is 0 Å². The number of hydrogen-bond acceptors (Lipinski definition) is 2. The highest BCUT2D eigenvalue weighted by Crippen LogP contribution is 2.27. The van der Waals surface area contributed by atoms with Gasteiger partial charge in [0.25, 0.3) is 0 Å². The molecule has 0 saturated carbocycles. The predicted molar refractivity (Wildman–Crippen MR) is 84.1 cm³/mol. The van der Waals surface area contributed by atoms with Gasteiger partial charge in [0.1, 0.15) is 0 Å². The van der Waals surface area contributed by atoms with Gasteiger partial charge in [0.05, 0.1) is 0 Å². The molecule has 0 aromatic heterocycles. The van der Waals surface area contributed by atoms with Gasteiger partial charge < -0.3 is 10.2 Å². The van der Waals surface area contributed by atoms with Crippen molar-refractivity contribution in [2.75, 3.05) is 25.0 Å². The lowest BCUT2D eigenvalue weighted by atomic mass is 9.97. The number of rotatable bonds is 6. The van der Waals surface area contributed by atoms with Crippen molar-refractivity contribution in [1.29, 1.82) is 0 Å². The topological polar surface area (TPSA) is 15.3 Å². The van der Waals surface area contributed by atoms with Gasteiger partial charge >= 0.3 is 0 Å². The van der Waals surface area contributed by atoms with Crippen LogP contribution < -0.4 is 10.2 Å². The van der Waals surface area contributed by atoms with Crippen LogP contribution in [0, 0.1) is 0 Å². The van der Waals surface area contributed by atoms with E-state index in [1.165, 1.54) is 49.9 Å². The van der Waals surface area contributed by atoms with E-state index in [1.54, 1.807) is 5.56 Å². The summed E-state index contributed by atoms with van der Waals surface area (Å²) in [5.74, 6) is 0. The van der Waals surface area contributed by atoms with Crippen molar-refractivity contribution < 1.29 is 0 Å². The van der Waals surface area contributed by atoms with E-state index >= 15 is 0 Å². The molecular formula is C17H28N2. The van der Waals surface area contributed by atoms with Crippen molar-refractivity contribution in [2.45, 2.75) is 52.0 Å². The summed E-state index contributed by atoms with van der Waals surface area (Å²) in [5.41, 5.74) is 4.50. The Bertz CT molecular complexity index is 398. The minimum Gasteiger partial charge on any atom is -0.374 e. The Morgan fingerprint density at radius 3 is 2.89 bits per heavy atom. The number of aryl methyl sites for hydroxylation is 2. The second kappa shape index (κ2) is 6.95. The molecule has 2 rings (SSSR count). The molecule has 0 radical (unpaired) electrons. The molecular weight excluding hydrogens is 232 g/mol. The third-order valence-electron chi connectivity index (χ3n) is 3.94. The standard InChI is InChI=1S/C17H28N2/c1-14(2)18-11-5-4-7-15-9-10-17-16(13-15)8-6-12-19(17)3/h9-10,13-14,18H,4-8,11-12H2,1-3H3. The van der Waals surface area contributed by atoms with Gasteiger partial charge in [0, 0.05) is 25.3 Å². The molecule has 0 saturated heterocycles. The third-order valence-corrected chi connectivity index (χ3v) is 3.94. The molecule has 1 aromatic carbocycles. The van der Waals surface area contributed by atoms with Gasteiger partial charge in [0.15, 0.2) is 0 Å². The van der Waals surface area contributed by atoms with Crippen molar-refractivity contribution in [3.63, 3.8) is 0 Å². The molecule has 1 heterocycles. The third kappa shape index (κ3) is 4.24. The van der Waals surface area contributed by atoms with Gasteiger partial charge in [-0.2, -0.15) is 0 Å². The van der Waals surface area contributed by atoms with E-state index in [4.69, 9.17) is 0 Å². The average molecular weight is 260 g/mol. The summed E-state index contributed by atoms with van der Waals surface area (Å²) < 4.78 is 0. The molecule has 19 heavy (non-hydrogen) atoms. The number of nitrogens with zero attached hydrogens (tertiary/aromatic N) is 1. The molecule has 0 spiro atoms. The van der Waals surface area contributed by atoms with Crippen LogP contribution in [0.1, 0.15) is 44.2 Å². The quantitative estimate of drug-likeness (QED) is 0.789. The molecule has 0 atom stereocenters. The maximum atomic E-state index is 3.48. The van der Waals surface area contributed by atoms with Crippen LogP contribution in [0.3, 0.4) is 0 Å². The Hall–Kier alpha value is -1.02. The summed E-state index contributed by atoms with van der Waals surface area (Å²) in [6.07, 6.45) is 6.33. The van der Waals surface area contributed by atoms with Crippen molar-refractivity contribution in [2.24, 2.45) is 0 Å². The van der Waals surface area contributed by atoms with Crippen LogP contribution in [-0.4, -0.2) is 26.2 Å². The molecule has 1 aliphatic rings. The molecule has 1 aliphatic heterocycles. The lowest BCUT2D eigenvalue weighted by Gasteiger charge is -2.27. The molecule has 0 fully saturated rings. The van der Waals surface area contributed by atoms with Crippen molar-refractivity contribution in [1.82, 2.24) is 5.32 Å². The highest BCUT2D eigenvalue weighted by Gasteiger charge is 2.13. The fourth-order valence-electron chi connectivity index (χ4n) is 2.84. The summed E-state index contributed by atoms with van der Waals surface area (Å²) in [7, 11) is 2.20. The van der Waals surface area contributed by atoms with Gasteiger partial charge in [-0.25, -0.2) is 0 Å². The summed E-state index contributed by atoms with van der Waals surface area (Å²) >= 11 is 0. The normalized spacial score (nSPS) is 14.8. The SMILES string of the molecule is CC(C)NCCCCc1ccc2c(c1)CCCN2C. The number of fused-ring (bicyclic) bond motifs is 1. The summed E-state index contributed by atoms with van der Waals surface area (Å²) in [6.45, 7) is 6.76.